The number of hydrogen-bond acceptors (Lipinski definition) is 5. The first-order valence-corrected chi connectivity index (χ1v) is 8.29. The standard InChI is InChI=1S/C9H11ClNO4PS/c1-3-14-16(10,17)15-9-6-7(2)4-5-8(9)11(12)13/h4-6H,3H2,1-2H3. The van der Waals surface area contributed by atoms with E-state index in [9.17, 15) is 10.1 Å². The van der Waals surface area contributed by atoms with Crippen LogP contribution in [0.1, 0.15) is 12.5 Å². The second-order valence-electron chi connectivity index (χ2n) is 3.17. The molecule has 0 spiro atoms. The summed E-state index contributed by atoms with van der Waals surface area (Å²) in [4.78, 5) is 10.2. The lowest BCUT2D eigenvalue weighted by molar-refractivity contribution is -0.385. The highest BCUT2D eigenvalue weighted by atomic mass is 35.7. The molecule has 0 saturated carbocycles. The third-order valence-electron chi connectivity index (χ3n) is 1.80. The lowest BCUT2D eigenvalue weighted by Crippen LogP contribution is -1.97. The SMILES string of the molecule is CCOP(=S)(Cl)Oc1cc(C)ccc1[N+](=O)[O-]. The van der Waals surface area contributed by atoms with Crippen LogP contribution in [-0.4, -0.2) is 11.5 Å². The third-order valence-corrected chi connectivity index (χ3v) is 3.82. The van der Waals surface area contributed by atoms with Crippen molar-refractivity contribution in [2.24, 2.45) is 0 Å². The van der Waals surface area contributed by atoms with Gasteiger partial charge in [0.1, 0.15) is 0 Å². The largest absolute Gasteiger partial charge is 0.425 e. The van der Waals surface area contributed by atoms with Crippen LogP contribution in [0.3, 0.4) is 0 Å². The van der Waals surface area contributed by atoms with Crippen LogP contribution < -0.4 is 4.52 Å². The van der Waals surface area contributed by atoms with Crippen LogP contribution >= 0.6 is 17.1 Å². The zero-order chi connectivity index (χ0) is 13.1. The Labute approximate surface area is 109 Å². The molecule has 1 atom stereocenters. The summed E-state index contributed by atoms with van der Waals surface area (Å²) in [5, 5.41) is 10.8. The van der Waals surface area contributed by atoms with Crippen LogP contribution in [0, 0.1) is 17.0 Å². The van der Waals surface area contributed by atoms with E-state index in [4.69, 9.17) is 32.1 Å². The number of benzene rings is 1. The minimum absolute atomic E-state index is 0.0433. The van der Waals surface area contributed by atoms with Crippen molar-refractivity contribution in [3.8, 4) is 5.75 Å². The molecule has 0 fully saturated rings. The molecule has 5 nitrogen and oxygen atoms in total. The maximum Gasteiger partial charge on any atom is 0.333 e. The van der Waals surface area contributed by atoms with E-state index in [1.807, 2.05) is 0 Å². The molecule has 1 rings (SSSR count). The van der Waals surface area contributed by atoms with Gasteiger partial charge in [-0.1, -0.05) is 6.07 Å². The Balaban J connectivity index is 3.08. The van der Waals surface area contributed by atoms with E-state index >= 15 is 0 Å². The molecule has 0 N–H and O–H groups in total. The number of nitro benzene ring substituents is 1. The monoisotopic (exact) mass is 295 g/mol. The van der Waals surface area contributed by atoms with Crippen LogP contribution in [0.5, 0.6) is 5.75 Å². The second kappa shape index (κ2) is 5.78. The highest BCUT2D eigenvalue weighted by Gasteiger charge is 2.23. The highest BCUT2D eigenvalue weighted by molar-refractivity contribution is 8.22. The van der Waals surface area contributed by atoms with Crippen LogP contribution in [0.4, 0.5) is 5.69 Å². The molecule has 0 bridgehead atoms. The average Bonchev–Trinajstić information content (AvgIpc) is 2.15. The lowest BCUT2D eigenvalue weighted by atomic mass is 10.2. The van der Waals surface area contributed by atoms with Gasteiger partial charge in [0.15, 0.2) is 0 Å². The maximum atomic E-state index is 10.8. The topological polar surface area (TPSA) is 61.6 Å². The first-order chi connectivity index (χ1) is 7.85. The van der Waals surface area contributed by atoms with Gasteiger partial charge in [0.25, 0.3) is 0 Å². The number of aryl methyl sites for hydroxylation is 1. The summed E-state index contributed by atoms with van der Waals surface area (Å²) >= 11 is 10.8. The van der Waals surface area contributed by atoms with E-state index < -0.39 is 10.8 Å². The first kappa shape index (κ1) is 14.4. The fourth-order valence-corrected chi connectivity index (χ4v) is 2.96. The van der Waals surface area contributed by atoms with Gasteiger partial charge < -0.3 is 9.05 Å². The molecule has 0 radical (unpaired) electrons. The molecule has 0 aliphatic heterocycles. The molecule has 0 aromatic heterocycles. The van der Waals surface area contributed by atoms with Crippen molar-refractivity contribution in [3.05, 3.63) is 33.9 Å². The normalized spacial score (nSPS) is 14.1. The van der Waals surface area contributed by atoms with Crippen molar-refractivity contribution >= 4 is 34.6 Å². The van der Waals surface area contributed by atoms with Crippen LogP contribution in [0.15, 0.2) is 18.2 Å². The van der Waals surface area contributed by atoms with Gasteiger partial charge in [-0.2, -0.15) is 0 Å². The minimum Gasteiger partial charge on any atom is -0.425 e. The molecule has 0 amide bonds. The quantitative estimate of drug-likeness (QED) is 0.470. The molecule has 1 aromatic rings. The smallest absolute Gasteiger partial charge is 0.333 e. The molecule has 1 unspecified atom stereocenters. The second-order valence-corrected chi connectivity index (χ2v) is 7.85. The van der Waals surface area contributed by atoms with Gasteiger partial charge in [-0.25, -0.2) is 0 Å². The Bertz CT molecular complexity index is 482. The fraction of sp³-hybridized carbons (Fsp3) is 0.333. The maximum absolute atomic E-state index is 10.8. The molecule has 8 heteroatoms. The molecule has 17 heavy (non-hydrogen) atoms. The van der Waals surface area contributed by atoms with Crippen molar-refractivity contribution in [1.29, 1.82) is 0 Å². The van der Waals surface area contributed by atoms with Gasteiger partial charge in [-0.15, -0.1) is 0 Å². The van der Waals surface area contributed by atoms with Crippen LogP contribution in [0.25, 0.3) is 0 Å². The summed E-state index contributed by atoms with van der Waals surface area (Å²) in [6, 6.07) is 4.48. The number of hydrogen-bond donors (Lipinski definition) is 0. The Morgan fingerprint density at radius 1 is 1.59 bits per heavy atom. The zero-order valence-corrected chi connectivity index (χ0v) is 11.7. The number of nitrogens with zero attached hydrogens (tertiary/aromatic N) is 1. The van der Waals surface area contributed by atoms with Crippen LogP contribution in [0.2, 0.25) is 0 Å². The predicted molar refractivity (Wildman–Crippen MR) is 70.2 cm³/mol. The summed E-state index contributed by atoms with van der Waals surface area (Å²) in [5.74, 6) is -2.96. The highest BCUT2D eigenvalue weighted by Crippen LogP contribution is 2.55. The Kier molecular flexibility index (Phi) is 4.89. The summed E-state index contributed by atoms with van der Waals surface area (Å²) in [5.41, 5.74) is 0.638. The van der Waals surface area contributed by atoms with E-state index in [2.05, 4.69) is 0 Å². The Morgan fingerprint density at radius 2 is 2.24 bits per heavy atom. The van der Waals surface area contributed by atoms with Gasteiger partial charge in [-0.05, 0) is 48.5 Å². The number of rotatable bonds is 5. The van der Waals surface area contributed by atoms with E-state index in [0.29, 0.717) is 6.61 Å². The molecule has 0 aliphatic rings. The number of halogens is 1. The van der Waals surface area contributed by atoms with Crippen molar-refractivity contribution in [1.82, 2.24) is 0 Å². The molecule has 0 aliphatic carbocycles. The van der Waals surface area contributed by atoms with E-state index in [1.54, 1.807) is 19.9 Å². The zero-order valence-electron chi connectivity index (χ0n) is 9.25. The predicted octanol–water partition coefficient (Wildman–Crippen LogP) is 3.78. The lowest BCUT2D eigenvalue weighted by Gasteiger charge is -2.15. The molecule has 0 saturated heterocycles. The van der Waals surface area contributed by atoms with Gasteiger partial charge in [0.2, 0.25) is 5.75 Å². The van der Waals surface area contributed by atoms with Crippen molar-refractivity contribution in [2.75, 3.05) is 6.61 Å². The molecule has 94 valence electrons. The van der Waals surface area contributed by atoms with Crippen molar-refractivity contribution < 1.29 is 14.0 Å². The minimum atomic E-state index is -3.00. The summed E-state index contributed by atoms with van der Waals surface area (Å²) < 4.78 is 10.3. The molecular formula is C9H11ClNO4PS. The summed E-state index contributed by atoms with van der Waals surface area (Å²) in [6.07, 6.45) is 0. The third kappa shape index (κ3) is 4.24. The van der Waals surface area contributed by atoms with Gasteiger partial charge in [-0.3, -0.25) is 10.1 Å². The van der Waals surface area contributed by atoms with Gasteiger partial charge in [0, 0.05) is 6.07 Å². The molecule has 1 aromatic carbocycles. The van der Waals surface area contributed by atoms with Gasteiger partial charge in [0.05, 0.1) is 11.5 Å². The molecule has 0 heterocycles. The van der Waals surface area contributed by atoms with Crippen LogP contribution in [-0.2, 0) is 16.3 Å². The Hall–Kier alpha value is -0.680. The Morgan fingerprint density at radius 3 is 2.76 bits per heavy atom. The molecular weight excluding hydrogens is 285 g/mol. The average molecular weight is 296 g/mol. The summed E-state index contributed by atoms with van der Waals surface area (Å²) in [6.45, 7) is 3.80. The van der Waals surface area contributed by atoms with E-state index in [-0.39, 0.29) is 11.4 Å². The summed E-state index contributed by atoms with van der Waals surface area (Å²) in [7, 11) is 0. The fourth-order valence-electron chi connectivity index (χ4n) is 1.14. The first-order valence-electron chi connectivity index (χ1n) is 4.74. The van der Waals surface area contributed by atoms with Crippen molar-refractivity contribution in [2.45, 2.75) is 13.8 Å². The van der Waals surface area contributed by atoms with E-state index in [1.165, 1.54) is 12.1 Å². The van der Waals surface area contributed by atoms with Crippen molar-refractivity contribution in [3.63, 3.8) is 0 Å². The van der Waals surface area contributed by atoms with Gasteiger partial charge >= 0.3 is 11.5 Å². The van der Waals surface area contributed by atoms with E-state index in [0.717, 1.165) is 5.56 Å². The number of nitro groups is 1.